The molecule has 0 bridgehead atoms. The Labute approximate surface area is 120 Å². The molecule has 1 aromatic heterocycles. The van der Waals surface area contributed by atoms with E-state index >= 15 is 0 Å². The summed E-state index contributed by atoms with van der Waals surface area (Å²) in [6.45, 7) is 4.62. The van der Waals surface area contributed by atoms with Gasteiger partial charge in [-0.05, 0) is 38.0 Å². The predicted molar refractivity (Wildman–Crippen MR) is 81.0 cm³/mol. The van der Waals surface area contributed by atoms with Crippen molar-refractivity contribution in [2.24, 2.45) is 0 Å². The first-order valence-electron chi connectivity index (χ1n) is 6.41. The van der Waals surface area contributed by atoms with E-state index in [1.807, 2.05) is 25.7 Å². The zero-order chi connectivity index (χ0) is 14.3. The maximum absolute atomic E-state index is 12.1. The van der Waals surface area contributed by atoms with Crippen LogP contribution >= 0.6 is 11.8 Å². The second-order valence-corrected chi connectivity index (χ2v) is 7.51. The van der Waals surface area contributed by atoms with E-state index in [-0.39, 0.29) is 6.04 Å². The van der Waals surface area contributed by atoms with Crippen molar-refractivity contribution in [2.45, 2.75) is 37.8 Å². The first kappa shape index (κ1) is 16.6. The molecule has 0 spiro atoms. The zero-order valence-electron chi connectivity index (χ0n) is 11.7. The highest BCUT2D eigenvalue weighted by Gasteiger charge is 2.18. The molecule has 0 saturated carbocycles. The lowest BCUT2D eigenvalue weighted by Gasteiger charge is -2.12. The molecule has 0 fully saturated rings. The van der Waals surface area contributed by atoms with Gasteiger partial charge in [-0.1, -0.05) is 6.92 Å². The summed E-state index contributed by atoms with van der Waals surface area (Å²) in [6, 6.07) is 1.61. The summed E-state index contributed by atoms with van der Waals surface area (Å²) in [7, 11) is -1.59. The van der Waals surface area contributed by atoms with Crippen LogP contribution in [0.5, 0.6) is 0 Å². The van der Waals surface area contributed by atoms with Crippen LogP contribution in [0.1, 0.15) is 26.0 Å². The van der Waals surface area contributed by atoms with E-state index in [0.29, 0.717) is 11.4 Å². The number of aromatic amines is 1. The topological polar surface area (TPSA) is 74.0 Å². The third kappa shape index (κ3) is 5.56. The monoisotopic (exact) mass is 305 g/mol. The van der Waals surface area contributed by atoms with Crippen LogP contribution in [-0.2, 0) is 16.6 Å². The van der Waals surface area contributed by atoms with Crippen LogP contribution in [0.2, 0.25) is 0 Å². The molecule has 1 heterocycles. The van der Waals surface area contributed by atoms with E-state index in [4.69, 9.17) is 0 Å². The maximum atomic E-state index is 12.1. The molecule has 19 heavy (non-hydrogen) atoms. The summed E-state index contributed by atoms with van der Waals surface area (Å²) in [5.74, 6) is 2.03. The van der Waals surface area contributed by atoms with Gasteiger partial charge in [0.05, 0.1) is 4.90 Å². The number of aromatic nitrogens is 1. The fourth-order valence-corrected chi connectivity index (χ4v) is 3.77. The molecule has 1 rings (SSSR count). The summed E-state index contributed by atoms with van der Waals surface area (Å²) in [5.41, 5.74) is 0.858. The molecule has 3 N–H and O–H groups in total. The molecule has 0 aliphatic rings. The maximum Gasteiger partial charge on any atom is 0.242 e. The Kier molecular flexibility index (Phi) is 6.92. The van der Waals surface area contributed by atoms with Gasteiger partial charge in [0, 0.05) is 24.5 Å². The molecule has 110 valence electrons. The van der Waals surface area contributed by atoms with Crippen molar-refractivity contribution in [3.8, 4) is 0 Å². The van der Waals surface area contributed by atoms with Crippen molar-refractivity contribution >= 4 is 21.8 Å². The summed E-state index contributed by atoms with van der Waals surface area (Å²) in [4.78, 5) is 3.25. The minimum atomic E-state index is -3.41. The average Bonchev–Trinajstić information content (AvgIpc) is 2.78. The van der Waals surface area contributed by atoms with Gasteiger partial charge in [0.25, 0.3) is 0 Å². The molecule has 1 unspecified atom stereocenters. The Morgan fingerprint density at radius 2 is 2.21 bits per heavy atom. The first-order chi connectivity index (χ1) is 8.99. The number of nitrogens with one attached hydrogen (secondary N) is 3. The molecular weight excluding hydrogens is 282 g/mol. The third-order valence-electron chi connectivity index (χ3n) is 2.65. The Morgan fingerprint density at radius 3 is 2.84 bits per heavy atom. The highest BCUT2D eigenvalue weighted by molar-refractivity contribution is 7.99. The van der Waals surface area contributed by atoms with E-state index in [2.05, 4.69) is 21.9 Å². The van der Waals surface area contributed by atoms with Crippen LogP contribution in [0.25, 0.3) is 0 Å². The van der Waals surface area contributed by atoms with E-state index in [0.717, 1.165) is 23.6 Å². The summed E-state index contributed by atoms with van der Waals surface area (Å²) in [5, 5.41) is 2.97. The molecule has 5 nitrogen and oxygen atoms in total. The summed E-state index contributed by atoms with van der Waals surface area (Å²) >= 11 is 1.82. The van der Waals surface area contributed by atoms with Gasteiger partial charge >= 0.3 is 0 Å². The molecule has 0 radical (unpaired) electrons. The number of rotatable bonds is 9. The van der Waals surface area contributed by atoms with E-state index in [9.17, 15) is 8.42 Å². The average molecular weight is 305 g/mol. The van der Waals surface area contributed by atoms with Gasteiger partial charge in [-0.15, -0.1) is 0 Å². The quantitative estimate of drug-likeness (QED) is 0.605. The molecule has 7 heteroatoms. The van der Waals surface area contributed by atoms with Crippen molar-refractivity contribution in [2.75, 3.05) is 18.6 Å². The molecule has 1 aromatic rings. The van der Waals surface area contributed by atoms with Gasteiger partial charge in [0.15, 0.2) is 0 Å². The molecular formula is C12H23N3O2S2. The van der Waals surface area contributed by atoms with Gasteiger partial charge in [-0.2, -0.15) is 11.8 Å². The van der Waals surface area contributed by atoms with Crippen LogP contribution in [0.15, 0.2) is 17.2 Å². The van der Waals surface area contributed by atoms with E-state index < -0.39 is 10.0 Å². The Bertz CT molecular complexity index is 471. The van der Waals surface area contributed by atoms with Crippen LogP contribution in [0.4, 0.5) is 0 Å². The minimum Gasteiger partial charge on any atom is -0.363 e. The van der Waals surface area contributed by atoms with Gasteiger partial charge in [-0.25, -0.2) is 13.1 Å². The Balaban J connectivity index is 2.58. The molecule has 1 atom stereocenters. The van der Waals surface area contributed by atoms with Crippen LogP contribution in [0.3, 0.4) is 0 Å². The van der Waals surface area contributed by atoms with Crippen LogP contribution in [-0.4, -0.2) is 38.0 Å². The largest absolute Gasteiger partial charge is 0.363 e. The van der Waals surface area contributed by atoms with Gasteiger partial charge in [-0.3, -0.25) is 0 Å². The Morgan fingerprint density at radius 1 is 1.47 bits per heavy atom. The van der Waals surface area contributed by atoms with E-state index in [1.165, 1.54) is 6.20 Å². The van der Waals surface area contributed by atoms with Crippen molar-refractivity contribution in [3.63, 3.8) is 0 Å². The second kappa shape index (κ2) is 7.94. The molecule has 0 aliphatic carbocycles. The summed E-state index contributed by atoms with van der Waals surface area (Å²) < 4.78 is 27.0. The SMILES string of the molecule is CCSCCC(C)NS(=O)(=O)c1c[nH]c(CNC)c1. The number of hydrogen-bond donors (Lipinski definition) is 3. The number of sulfonamides is 1. The first-order valence-corrected chi connectivity index (χ1v) is 9.05. The number of H-pyrrole nitrogens is 1. The van der Waals surface area contributed by atoms with Gasteiger partial charge in [0.2, 0.25) is 10.0 Å². The van der Waals surface area contributed by atoms with Crippen molar-refractivity contribution in [1.82, 2.24) is 15.0 Å². The fraction of sp³-hybridized carbons (Fsp3) is 0.667. The lowest BCUT2D eigenvalue weighted by Crippen LogP contribution is -2.32. The highest BCUT2D eigenvalue weighted by Crippen LogP contribution is 2.12. The van der Waals surface area contributed by atoms with Crippen LogP contribution < -0.4 is 10.0 Å². The van der Waals surface area contributed by atoms with Crippen molar-refractivity contribution in [3.05, 3.63) is 18.0 Å². The Hall–Kier alpha value is -0.500. The molecule has 0 amide bonds. The van der Waals surface area contributed by atoms with E-state index in [1.54, 1.807) is 6.07 Å². The lowest BCUT2D eigenvalue weighted by molar-refractivity contribution is 0.557. The van der Waals surface area contributed by atoms with Crippen molar-refractivity contribution < 1.29 is 8.42 Å². The summed E-state index contributed by atoms with van der Waals surface area (Å²) in [6.07, 6.45) is 2.37. The van der Waals surface area contributed by atoms with Crippen LogP contribution in [0, 0.1) is 0 Å². The molecule has 0 aliphatic heterocycles. The molecule has 0 saturated heterocycles. The zero-order valence-corrected chi connectivity index (χ0v) is 13.3. The standard InChI is InChI=1S/C12H23N3O2S2/c1-4-18-6-5-10(2)15-19(16,17)12-7-11(8-13-3)14-9-12/h7,9-10,13-15H,4-6,8H2,1-3H3. The van der Waals surface area contributed by atoms with Gasteiger partial charge in [0.1, 0.15) is 0 Å². The second-order valence-electron chi connectivity index (χ2n) is 4.40. The molecule has 0 aromatic carbocycles. The number of thioether (sulfide) groups is 1. The predicted octanol–water partition coefficient (Wildman–Crippen LogP) is 1.54. The fourth-order valence-electron chi connectivity index (χ4n) is 1.66. The smallest absolute Gasteiger partial charge is 0.242 e. The van der Waals surface area contributed by atoms with Gasteiger partial charge < -0.3 is 10.3 Å². The van der Waals surface area contributed by atoms with Crippen molar-refractivity contribution in [1.29, 1.82) is 0 Å². The number of hydrogen-bond acceptors (Lipinski definition) is 4. The highest BCUT2D eigenvalue weighted by atomic mass is 32.2. The third-order valence-corrected chi connectivity index (χ3v) is 5.15. The normalized spacial score (nSPS) is 13.6. The minimum absolute atomic E-state index is 0.0494. The lowest BCUT2D eigenvalue weighted by atomic mass is 10.3.